The number of rotatable bonds is 4. The molecular weight excluding hydrogens is 400 g/mol. The fourth-order valence-electron chi connectivity index (χ4n) is 2.05. The van der Waals surface area contributed by atoms with Gasteiger partial charge in [-0.05, 0) is 53.0 Å². The maximum absolute atomic E-state index is 12.5. The molecule has 3 rings (SSSR count). The molecule has 0 saturated carbocycles. The summed E-state index contributed by atoms with van der Waals surface area (Å²) in [6.07, 6.45) is 0. The second-order valence-electron chi connectivity index (χ2n) is 4.95. The van der Waals surface area contributed by atoms with Crippen LogP contribution in [0.15, 0.2) is 49.6 Å². The fraction of sp³-hybridized carbons (Fsp3) is 0.133. The zero-order valence-corrected chi connectivity index (χ0v) is 15.5. The summed E-state index contributed by atoms with van der Waals surface area (Å²) < 4.78 is 33.1. The van der Waals surface area contributed by atoms with Crippen molar-refractivity contribution in [2.75, 3.05) is 4.72 Å². The minimum Gasteiger partial charge on any atom is -0.336 e. The topological polar surface area (TPSA) is 72.2 Å². The second-order valence-corrected chi connectivity index (χ2v) is 8.74. The summed E-state index contributed by atoms with van der Waals surface area (Å²) >= 11 is 4.46. The third-order valence-corrected chi connectivity index (χ3v) is 7.15. The van der Waals surface area contributed by atoms with Crippen molar-refractivity contribution < 1.29 is 12.9 Å². The average Bonchev–Trinajstić information content (AvgIpc) is 3.11. The molecule has 23 heavy (non-hydrogen) atoms. The highest BCUT2D eigenvalue weighted by atomic mass is 79.9. The number of hydrogen-bond acceptors (Lipinski definition) is 5. The van der Waals surface area contributed by atoms with Crippen LogP contribution in [0.25, 0.3) is 10.4 Å². The summed E-state index contributed by atoms with van der Waals surface area (Å²) in [7, 11) is -3.72. The lowest BCUT2D eigenvalue weighted by molar-refractivity contribution is 0.430. The molecule has 0 aliphatic carbocycles. The summed E-state index contributed by atoms with van der Waals surface area (Å²) in [6, 6.07) is 11.3. The standard InChI is InChI=1S/C15H13BrN2O3S2/c1-9-5-3-4-6-11(9)12-7-8-13(22-12)23(19,20)18-15-14(16)10(2)17-21-15/h3-8,18H,1-2H3. The van der Waals surface area contributed by atoms with Gasteiger partial charge in [0.1, 0.15) is 8.68 Å². The van der Waals surface area contributed by atoms with Crippen LogP contribution in [0, 0.1) is 13.8 Å². The lowest BCUT2D eigenvalue weighted by Gasteiger charge is -2.03. The quantitative estimate of drug-likeness (QED) is 0.680. The van der Waals surface area contributed by atoms with E-state index in [4.69, 9.17) is 4.52 Å². The normalized spacial score (nSPS) is 11.6. The van der Waals surface area contributed by atoms with E-state index >= 15 is 0 Å². The molecule has 2 aromatic heterocycles. The van der Waals surface area contributed by atoms with Crippen LogP contribution in [0.2, 0.25) is 0 Å². The Morgan fingerprint density at radius 2 is 1.91 bits per heavy atom. The molecule has 0 amide bonds. The lowest BCUT2D eigenvalue weighted by Crippen LogP contribution is -2.11. The van der Waals surface area contributed by atoms with Gasteiger partial charge in [-0.3, -0.25) is 0 Å². The van der Waals surface area contributed by atoms with Crippen LogP contribution in [0.5, 0.6) is 0 Å². The molecule has 0 bridgehead atoms. The highest BCUT2D eigenvalue weighted by Crippen LogP contribution is 2.34. The number of sulfonamides is 1. The predicted octanol–water partition coefficient (Wildman–Crippen LogP) is 4.58. The number of nitrogens with one attached hydrogen (secondary N) is 1. The van der Waals surface area contributed by atoms with Gasteiger partial charge < -0.3 is 4.52 Å². The van der Waals surface area contributed by atoms with Crippen LogP contribution >= 0.6 is 27.3 Å². The Balaban J connectivity index is 1.93. The van der Waals surface area contributed by atoms with E-state index in [1.54, 1.807) is 13.0 Å². The van der Waals surface area contributed by atoms with Crippen molar-refractivity contribution in [3.63, 3.8) is 0 Å². The molecule has 3 aromatic rings. The summed E-state index contributed by atoms with van der Waals surface area (Å²) in [4.78, 5) is 0.899. The Labute approximate surface area is 146 Å². The molecule has 0 saturated heterocycles. The minimum absolute atomic E-state index is 0.0772. The van der Waals surface area contributed by atoms with Crippen molar-refractivity contribution in [1.29, 1.82) is 0 Å². The molecule has 0 fully saturated rings. The fourth-order valence-corrected chi connectivity index (χ4v) is 4.82. The van der Waals surface area contributed by atoms with E-state index in [9.17, 15) is 8.42 Å². The van der Waals surface area contributed by atoms with Crippen molar-refractivity contribution in [2.45, 2.75) is 18.1 Å². The lowest BCUT2D eigenvalue weighted by atomic mass is 10.1. The van der Waals surface area contributed by atoms with Crippen molar-refractivity contribution in [1.82, 2.24) is 5.16 Å². The third-order valence-electron chi connectivity index (χ3n) is 3.27. The zero-order chi connectivity index (χ0) is 16.6. The first-order valence-electron chi connectivity index (χ1n) is 6.69. The van der Waals surface area contributed by atoms with Gasteiger partial charge in [-0.2, -0.15) is 0 Å². The van der Waals surface area contributed by atoms with Crippen molar-refractivity contribution in [3.05, 3.63) is 52.1 Å². The van der Waals surface area contributed by atoms with Crippen molar-refractivity contribution in [3.8, 4) is 10.4 Å². The Morgan fingerprint density at radius 3 is 2.57 bits per heavy atom. The van der Waals surface area contributed by atoms with Gasteiger partial charge in [-0.1, -0.05) is 29.4 Å². The van der Waals surface area contributed by atoms with Gasteiger partial charge in [0.05, 0.1) is 5.69 Å². The SMILES string of the molecule is Cc1ccccc1-c1ccc(S(=O)(=O)Nc2onc(C)c2Br)s1. The van der Waals surface area contributed by atoms with Gasteiger partial charge in [-0.15, -0.1) is 11.3 Å². The molecule has 5 nitrogen and oxygen atoms in total. The number of aromatic nitrogens is 1. The predicted molar refractivity (Wildman–Crippen MR) is 94.2 cm³/mol. The van der Waals surface area contributed by atoms with Crippen LogP contribution in [0.3, 0.4) is 0 Å². The van der Waals surface area contributed by atoms with Gasteiger partial charge >= 0.3 is 0 Å². The van der Waals surface area contributed by atoms with Crippen LogP contribution in [-0.2, 0) is 10.0 Å². The molecule has 0 atom stereocenters. The van der Waals surface area contributed by atoms with E-state index < -0.39 is 10.0 Å². The largest absolute Gasteiger partial charge is 0.336 e. The molecule has 120 valence electrons. The number of thiophene rings is 1. The van der Waals surface area contributed by atoms with Gasteiger partial charge in [0.25, 0.3) is 15.9 Å². The Bertz CT molecular complexity index is 961. The molecule has 0 aliphatic rings. The van der Waals surface area contributed by atoms with E-state index in [1.165, 1.54) is 11.3 Å². The zero-order valence-electron chi connectivity index (χ0n) is 12.3. The maximum atomic E-state index is 12.5. The molecule has 1 aromatic carbocycles. The maximum Gasteiger partial charge on any atom is 0.273 e. The van der Waals surface area contributed by atoms with E-state index in [-0.39, 0.29) is 10.1 Å². The molecule has 0 aliphatic heterocycles. The van der Waals surface area contributed by atoms with Gasteiger partial charge in [0.2, 0.25) is 0 Å². The van der Waals surface area contributed by atoms with Gasteiger partial charge in [-0.25, -0.2) is 13.1 Å². The summed E-state index contributed by atoms with van der Waals surface area (Å²) in [5.41, 5.74) is 2.70. The number of benzene rings is 1. The summed E-state index contributed by atoms with van der Waals surface area (Å²) in [6.45, 7) is 3.71. The van der Waals surface area contributed by atoms with Crippen LogP contribution < -0.4 is 4.72 Å². The molecule has 0 unspecified atom stereocenters. The number of hydrogen-bond donors (Lipinski definition) is 1. The van der Waals surface area contributed by atoms with Gasteiger partial charge in [0.15, 0.2) is 0 Å². The number of anilines is 1. The monoisotopic (exact) mass is 412 g/mol. The first-order valence-corrected chi connectivity index (χ1v) is 9.78. The first kappa shape index (κ1) is 16.2. The van der Waals surface area contributed by atoms with Gasteiger partial charge in [0, 0.05) is 4.88 Å². The third kappa shape index (κ3) is 3.19. The molecule has 2 heterocycles. The number of nitrogens with zero attached hydrogens (tertiary/aromatic N) is 1. The highest BCUT2D eigenvalue weighted by molar-refractivity contribution is 9.10. The van der Waals surface area contributed by atoms with E-state index in [1.807, 2.05) is 37.3 Å². The molecule has 8 heteroatoms. The Hall–Kier alpha value is -1.64. The smallest absolute Gasteiger partial charge is 0.273 e. The van der Waals surface area contributed by atoms with E-state index in [2.05, 4.69) is 25.8 Å². The van der Waals surface area contributed by atoms with Crippen molar-refractivity contribution in [2.24, 2.45) is 0 Å². The number of halogens is 1. The number of aryl methyl sites for hydroxylation is 2. The summed E-state index contributed by atoms with van der Waals surface area (Å²) in [5, 5.41) is 3.71. The van der Waals surface area contributed by atoms with E-state index in [0.717, 1.165) is 16.0 Å². The molecule has 1 N–H and O–H groups in total. The first-order chi connectivity index (χ1) is 10.9. The van der Waals surface area contributed by atoms with Crippen molar-refractivity contribution >= 4 is 43.2 Å². The van der Waals surface area contributed by atoms with E-state index in [0.29, 0.717) is 10.2 Å². The molecule has 0 spiro atoms. The summed E-state index contributed by atoms with van der Waals surface area (Å²) in [5.74, 6) is 0.0772. The molecular formula is C15H13BrN2O3S2. The second kappa shape index (κ2) is 6.10. The van der Waals surface area contributed by atoms with Crippen LogP contribution in [0.4, 0.5) is 5.88 Å². The highest BCUT2D eigenvalue weighted by Gasteiger charge is 2.22. The average molecular weight is 413 g/mol. The Kier molecular flexibility index (Phi) is 4.31. The van der Waals surface area contributed by atoms with Crippen LogP contribution in [0.1, 0.15) is 11.3 Å². The van der Waals surface area contributed by atoms with Crippen LogP contribution in [-0.4, -0.2) is 13.6 Å². The molecule has 0 radical (unpaired) electrons. The Morgan fingerprint density at radius 1 is 1.17 bits per heavy atom. The minimum atomic E-state index is -3.72.